The van der Waals surface area contributed by atoms with Crippen LogP contribution in [0.1, 0.15) is 78.1 Å². The summed E-state index contributed by atoms with van der Waals surface area (Å²) >= 11 is 0. The Morgan fingerprint density at radius 1 is 0.682 bits per heavy atom. The predicted octanol–water partition coefficient (Wildman–Crippen LogP) is 5.20. The number of carbonyl (C=O) groups is 2. The molecule has 0 radical (unpaired) electrons. The van der Waals surface area contributed by atoms with Gasteiger partial charge in [0.05, 0.1) is 0 Å². The van der Waals surface area contributed by atoms with Crippen molar-refractivity contribution in [3.63, 3.8) is 0 Å². The molecule has 0 rings (SSSR count). The number of unbranched alkanes of at least 4 members (excludes halogenated alkanes) is 6. The van der Waals surface area contributed by atoms with Gasteiger partial charge in [0, 0.05) is 11.1 Å². The van der Waals surface area contributed by atoms with Gasteiger partial charge in [-0.05, 0) is 25.7 Å². The van der Waals surface area contributed by atoms with Gasteiger partial charge >= 0.3 is 11.9 Å². The van der Waals surface area contributed by atoms with Crippen LogP contribution in [0.5, 0.6) is 0 Å². The van der Waals surface area contributed by atoms with Gasteiger partial charge in [0.2, 0.25) is 0 Å². The van der Waals surface area contributed by atoms with Crippen LogP contribution >= 0.6 is 0 Å². The highest BCUT2D eigenvalue weighted by molar-refractivity contribution is 5.85. The van der Waals surface area contributed by atoms with E-state index >= 15 is 0 Å². The van der Waals surface area contributed by atoms with Crippen molar-refractivity contribution in [2.75, 3.05) is 0 Å². The first-order valence-corrected chi connectivity index (χ1v) is 8.18. The van der Waals surface area contributed by atoms with Gasteiger partial charge in [0.25, 0.3) is 0 Å². The SMILES string of the molecule is C=C(CCCCC)C(=O)O.C=C(CCCCCCC)C(=O)O. The summed E-state index contributed by atoms with van der Waals surface area (Å²) in [6, 6.07) is 0. The van der Waals surface area contributed by atoms with E-state index in [9.17, 15) is 9.59 Å². The molecule has 0 aliphatic rings. The van der Waals surface area contributed by atoms with Crippen molar-refractivity contribution in [1.82, 2.24) is 0 Å². The highest BCUT2D eigenvalue weighted by Crippen LogP contribution is 2.09. The van der Waals surface area contributed by atoms with Crippen molar-refractivity contribution in [2.24, 2.45) is 0 Å². The summed E-state index contributed by atoms with van der Waals surface area (Å²) in [5.74, 6) is -1.72. The first kappa shape index (κ1) is 22.7. The average Bonchev–Trinajstić information content (AvgIpc) is 2.47. The first-order valence-electron chi connectivity index (χ1n) is 8.18. The Bertz CT molecular complexity index is 345. The standard InChI is InChI=1S/C10H18O2.C8H14O2/c1-3-4-5-6-7-8-9(2)10(11)12;1-3-4-5-6-7(2)8(9)10/h2-8H2,1H3,(H,11,12);2-6H2,1H3,(H,9,10). The number of aliphatic carboxylic acids is 2. The van der Waals surface area contributed by atoms with E-state index in [0.29, 0.717) is 24.0 Å². The van der Waals surface area contributed by atoms with E-state index in [2.05, 4.69) is 27.0 Å². The molecular weight excluding hydrogens is 280 g/mol. The minimum Gasteiger partial charge on any atom is -0.478 e. The Morgan fingerprint density at radius 2 is 1.00 bits per heavy atom. The molecule has 0 aromatic rings. The van der Waals surface area contributed by atoms with Gasteiger partial charge in [-0.25, -0.2) is 9.59 Å². The van der Waals surface area contributed by atoms with Crippen LogP contribution in [-0.2, 0) is 9.59 Å². The lowest BCUT2D eigenvalue weighted by Gasteiger charge is -1.99. The molecule has 0 unspecified atom stereocenters. The van der Waals surface area contributed by atoms with Crippen LogP contribution in [0.2, 0.25) is 0 Å². The van der Waals surface area contributed by atoms with Crippen LogP contribution in [0, 0.1) is 0 Å². The van der Waals surface area contributed by atoms with Gasteiger partial charge in [0.1, 0.15) is 0 Å². The van der Waals surface area contributed by atoms with Crippen LogP contribution < -0.4 is 0 Å². The molecule has 0 aliphatic carbocycles. The second kappa shape index (κ2) is 15.8. The molecule has 128 valence electrons. The topological polar surface area (TPSA) is 74.6 Å². The van der Waals surface area contributed by atoms with Gasteiger partial charge in [0.15, 0.2) is 0 Å². The Balaban J connectivity index is 0. The van der Waals surface area contributed by atoms with E-state index in [1.54, 1.807) is 0 Å². The summed E-state index contributed by atoms with van der Waals surface area (Å²) in [5.41, 5.74) is 0.667. The lowest BCUT2D eigenvalue weighted by atomic mass is 10.1. The van der Waals surface area contributed by atoms with Gasteiger partial charge in [-0.15, -0.1) is 0 Å². The number of rotatable bonds is 12. The minimum absolute atomic E-state index is 0.327. The van der Waals surface area contributed by atoms with Gasteiger partial charge in [-0.2, -0.15) is 0 Å². The molecule has 2 N–H and O–H groups in total. The smallest absolute Gasteiger partial charge is 0.330 e. The molecule has 4 heteroatoms. The molecule has 0 heterocycles. The Labute approximate surface area is 134 Å². The van der Waals surface area contributed by atoms with E-state index in [4.69, 9.17) is 10.2 Å². The highest BCUT2D eigenvalue weighted by Gasteiger charge is 2.02. The summed E-state index contributed by atoms with van der Waals surface area (Å²) in [5, 5.41) is 16.9. The molecule has 0 saturated heterocycles. The normalized spacial score (nSPS) is 9.55. The average molecular weight is 312 g/mol. The third kappa shape index (κ3) is 16.5. The van der Waals surface area contributed by atoms with E-state index in [1.807, 2.05) is 0 Å². The minimum atomic E-state index is -0.865. The summed E-state index contributed by atoms with van der Waals surface area (Å²) in [7, 11) is 0. The molecule has 22 heavy (non-hydrogen) atoms. The number of carboxylic acid groups (broad SMARTS) is 2. The van der Waals surface area contributed by atoms with Gasteiger partial charge < -0.3 is 10.2 Å². The first-order chi connectivity index (χ1) is 10.4. The summed E-state index contributed by atoms with van der Waals surface area (Å²) in [6.07, 6.45) is 10.2. The molecular formula is C18H32O4. The molecule has 0 aromatic carbocycles. The maximum absolute atomic E-state index is 10.3. The fourth-order valence-corrected chi connectivity index (χ4v) is 1.74. The monoisotopic (exact) mass is 312 g/mol. The van der Waals surface area contributed by atoms with Crippen molar-refractivity contribution >= 4 is 11.9 Å². The highest BCUT2D eigenvalue weighted by atomic mass is 16.4. The van der Waals surface area contributed by atoms with Gasteiger partial charge in [-0.1, -0.05) is 65.5 Å². The molecule has 0 aromatic heterocycles. The summed E-state index contributed by atoms with van der Waals surface area (Å²) in [4.78, 5) is 20.5. The quantitative estimate of drug-likeness (QED) is 0.384. The predicted molar refractivity (Wildman–Crippen MR) is 91.1 cm³/mol. The van der Waals surface area contributed by atoms with Crippen molar-refractivity contribution in [2.45, 2.75) is 78.1 Å². The Kier molecular flexibility index (Phi) is 16.3. The maximum atomic E-state index is 10.3. The zero-order chi connectivity index (χ0) is 17.4. The van der Waals surface area contributed by atoms with Crippen LogP contribution in [0.4, 0.5) is 0 Å². The van der Waals surface area contributed by atoms with E-state index in [0.717, 1.165) is 32.1 Å². The van der Waals surface area contributed by atoms with Crippen LogP contribution in [0.15, 0.2) is 24.3 Å². The van der Waals surface area contributed by atoms with Crippen molar-refractivity contribution in [1.29, 1.82) is 0 Å². The van der Waals surface area contributed by atoms with Crippen LogP contribution in [0.25, 0.3) is 0 Å². The van der Waals surface area contributed by atoms with E-state index in [1.165, 1.54) is 19.3 Å². The van der Waals surface area contributed by atoms with Crippen molar-refractivity contribution in [3.8, 4) is 0 Å². The number of carboxylic acids is 2. The third-order valence-electron chi connectivity index (χ3n) is 3.27. The third-order valence-corrected chi connectivity index (χ3v) is 3.27. The molecule has 0 saturated carbocycles. The molecule has 0 amide bonds. The van der Waals surface area contributed by atoms with Crippen LogP contribution in [-0.4, -0.2) is 22.2 Å². The van der Waals surface area contributed by atoms with Crippen molar-refractivity contribution < 1.29 is 19.8 Å². The molecule has 0 fully saturated rings. The molecule has 4 nitrogen and oxygen atoms in total. The fraction of sp³-hybridized carbons (Fsp3) is 0.667. The molecule has 0 bridgehead atoms. The lowest BCUT2D eigenvalue weighted by Crippen LogP contribution is -1.98. The Hall–Kier alpha value is -1.58. The number of hydrogen-bond acceptors (Lipinski definition) is 2. The number of hydrogen-bond donors (Lipinski definition) is 2. The summed E-state index contributed by atoms with van der Waals surface area (Å²) < 4.78 is 0. The van der Waals surface area contributed by atoms with E-state index < -0.39 is 11.9 Å². The summed E-state index contributed by atoms with van der Waals surface area (Å²) in [6.45, 7) is 11.1. The lowest BCUT2D eigenvalue weighted by molar-refractivity contribution is -0.133. The Morgan fingerprint density at radius 3 is 1.36 bits per heavy atom. The zero-order valence-corrected chi connectivity index (χ0v) is 14.2. The van der Waals surface area contributed by atoms with Crippen molar-refractivity contribution in [3.05, 3.63) is 24.3 Å². The van der Waals surface area contributed by atoms with Gasteiger partial charge in [-0.3, -0.25) is 0 Å². The second-order valence-electron chi connectivity index (χ2n) is 5.44. The molecule has 0 spiro atoms. The van der Waals surface area contributed by atoms with Crippen LogP contribution in [0.3, 0.4) is 0 Å². The maximum Gasteiger partial charge on any atom is 0.330 e. The fourth-order valence-electron chi connectivity index (χ4n) is 1.74. The largest absolute Gasteiger partial charge is 0.478 e. The molecule has 0 aliphatic heterocycles. The molecule has 0 atom stereocenters. The van der Waals surface area contributed by atoms with E-state index in [-0.39, 0.29) is 0 Å². The second-order valence-corrected chi connectivity index (χ2v) is 5.44. The zero-order valence-electron chi connectivity index (χ0n) is 14.2.